The van der Waals surface area contributed by atoms with Gasteiger partial charge >= 0.3 is 0 Å². The molecule has 0 atom stereocenters. The highest BCUT2D eigenvalue weighted by molar-refractivity contribution is 7.17. The third-order valence-corrected chi connectivity index (χ3v) is 4.71. The molecule has 120 valence electrons. The fourth-order valence-electron chi connectivity index (χ4n) is 2.17. The third kappa shape index (κ3) is 3.72. The minimum atomic E-state index is -0.0846. The number of rotatable bonds is 5. The Morgan fingerprint density at radius 1 is 1.17 bits per heavy atom. The van der Waals surface area contributed by atoms with Crippen LogP contribution in [-0.4, -0.2) is 17.9 Å². The van der Waals surface area contributed by atoms with Gasteiger partial charge in [-0.1, -0.05) is 41.9 Å². The number of methoxy groups -OCH3 is 1. The summed E-state index contributed by atoms with van der Waals surface area (Å²) in [6.07, 6.45) is 4.89. The topological polar surface area (TPSA) is 39.2 Å². The quantitative estimate of drug-likeness (QED) is 0.456. The van der Waals surface area contributed by atoms with E-state index in [0.29, 0.717) is 9.90 Å². The number of benzene rings is 2. The average Bonchev–Trinajstić information content (AvgIpc) is 3.10. The first-order chi connectivity index (χ1) is 11.7. The van der Waals surface area contributed by atoms with Gasteiger partial charge in [0.1, 0.15) is 10.8 Å². The smallest absolute Gasteiger partial charge is 0.197 e. The van der Waals surface area contributed by atoms with E-state index in [4.69, 9.17) is 16.3 Å². The summed E-state index contributed by atoms with van der Waals surface area (Å²) in [5, 5.41) is 1.46. The van der Waals surface area contributed by atoms with Crippen molar-refractivity contribution in [1.82, 2.24) is 4.98 Å². The average molecular weight is 356 g/mol. The van der Waals surface area contributed by atoms with E-state index in [1.54, 1.807) is 31.5 Å². The molecule has 3 rings (SSSR count). The number of thiazole rings is 1. The molecule has 0 saturated heterocycles. The maximum atomic E-state index is 12.3. The molecule has 0 saturated carbocycles. The molecule has 0 spiro atoms. The van der Waals surface area contributed by atoms with Gasteiger partial charge in [0.2, 0.25) is 0 Å². The molecule has 0 radical (unpaired) electrons. The Labute approximate surface area is 149 Å². The number of hydrogen-bond acceptors (Lipinski definition) is 4. The van der Waals surface area contributed by atoms with Gasteiger partial charge in [-0.25, -0.2) is 4.98 Å². The summed E-state index contributed by atoms with van der Waals surface area (Å²) in [5.74, 6) is 0.645. The number of para-hydroxylation sites is 1. The van der Waals surface area contributed by atoms with E-state index in [2.05, 4.69) is 4.98 Å². The Hall–Kier alpha value is -2.43. The van der Waals surface area contributed by atoms with Crippen molar-refractivity contribution >= 4 is 34.8 Å². The Balaban J connectivity index is 1.78. The van der Waals surface area contributed by atoms with Crippen molar-refractivity contribution in [3.05, 3.63) is 76.3 Å². The molecule has 24 heavy (non-hydrogen) atoms. The SMILES string of the molecule is COc1ccccc1C=CC(=O)c1cnc(-c2ccc(Cl)cc2)s1. The largest absolute Gasteiger partial charge is 0.496 e. The van der Waals surface area contributed by atoms with Crippen LogP contribution in [0, 0.1) is 0 Å². The van der Waals surface area contributed by atoms with Gasteiger partial charge in [0.15, 0.2) is 5.78 Å². The van der Waals surface area contributed by atoms with Crippen LogP contribution in [0.1, 0.15) is 15.2 Å². The highest BCUT2D eigenvalue weighted by Crippen LogP contribution is 2.27. The normalized spacial score (nSPS) is 10.9. The second-order valence-corrected chi connectivity index (χ2v) is 6.44. The zero-order chi connectivity index (χ0) is 16.9. The van der Waals surface area contributed by atoms with Crippen molar-refractivity contribution in [1.29, 1.82) is 0 Å². The third-order valence-electron chi connectivity index (χ3n) is 3.39. The predicted molar refractivity (Wildman–Crippen MR) is 98.9 cm³/mol. The minimum Gasteiger partial charge on any atom is -0.496 e. The fraction of sp³-hybridized carbons (Fsp3) is 0.0526. The molecule has 0 amide bonds. The number of halogens is 1. The molecule has 0 aliphatic heterocycles. The van der Waals surface area contributed by atoms with Crippen LogP contribution in [0.3, 0.4) is 0 Å². The van der Waals surface area contributed by atoms with Gasteiger partial charge in [0, 0.05) is 22.3 Å². The first-order valence-corrected chi connectivity index (χ1v) is 8.44. The Morgan fingerprint density at radius 3 is 2.67 bits per heavy atom. The molecule has 0 aliphatic rings. The highest BCUT2D eigenvalue weighted by atomic mass is 35.5. The van der Waals surface area contributed by atoms with Crippen molar-refractivity contribution in [2.45, 2.75) is 0 Å². The number of ether oxygens (including phenoxy) is 1. The summed E-state index contributed by atoms with van der Waals surface area (Å²) in [4.78, 5) is 17.2. The molecule has 0 unspecified atom stereocenters. The molecule has 0 bridgehead atoms. The van der Waals surface area contributed by atoms with E-state index in [-0.39, 0.29) is 5.78 Å². The summed E-state index contributed by atoms with van der Waals surface area (Å²) in [6, 6.07) is 14.9. The highest BCUT2D eigenvalue weighted by Gasteiger charge is 2.10. The first-order valence-electron chi connectivity index (χ1n) is 7.24. The van der Waals surface area contributed by atoms with E-state index in [9.17, 15) is 4.79 Å². The lowest BCUT2D eigenvalue weighted by Gasteiger charge is -2.02. The van der Waals surface area contributed by atoms with E-state index >= 15 is 0 Å². The van der Waals surface area contributed by atoms with Crippen molar-refractivity contribution in [2.24, 2.45) is 0 Å². The summed E-state index contributed by atoms with van der Waals surface area (Å²) in [7, 11) is 1.61. The second-order valence-electron chi connectivity index (χ2n) is 4.98. The van der Waals surface area contributed by atoms with Crippen molar-refractivity contribution in [3.63, 3.8) is 0 Å². The lowest BCUT2D eigenvalue weighted by molar-refractivity contribution is 0.105. The fourth-order valence-corrected chi connectivity index (χ4v) is 3.13. The van der Waals surface area contributed by atoms with E-state index in [1.165, 1.54) is 17.4 Å². The van der Waals surface area contributed by atoms with Gasteiger partial charge in [-0.05, 0) is 30.4 Å². The lowest BCUT2D eigenvalue weighted by atomic mass is 10.1. The van der Waals surface area contributed by atoms with Gasteiger partial charge in [-0.3, -0.25) is 4.79 Å². The molecule has 3 nitrogen and oxygen atoms in total. The second kappa shape index (κ2) is 7.43. The number of carbonyl (C=O) groups excluding carboxylic acids is 1. The van der Waals surface area contributed by atoms with Crippen LogP contribution in [0.5, 0.6) is 5.75 Å². The van der Waals surface area contributed by atoms with Gasteiger partial charge in [0.05, 0.1) is 12.0 Å². The Kier molecular flexibility index (Phi) is 5.08. The number of nitrogens with zero attached hydrogens (tertiary/aromatic N) is 1. The molecule has 1 heterocycles. The molecular formula is C19H14ClNO2S. The molecule has 0 aliphatic carbocycles. The maximum absolute atomic E-state index is 12.3. The first kappa shape index (κ1) is 16.4. The molecule has 2 aromatic carbocycles. The number of carbonyl (C=O) groups is 1. The maximum Gasteiger partial charge on any atom is 0.197 e. The van der Waals surface area contributed by atoms with Crippen molar-refractivity contribution < 1.29 is 9.53 Å². The summed E-state index contributed by atoms with van der Waals surface area (Å²) < 4.78 is 5.27. The van der Waals surface area contributed by atoms with Crippen LogP contribution < -0.4 is 4.74 Å². The predicted octanol–water partition coefficient (Wildman–Crippen LogP) is 5.37. The van der Waals surface area contributed by atoms with Crippen LogP contribution >= 0.6 is 22.9 Å². The van der Waals surface area contributed by atoms with E-state index < -0.39 is 0 Å². The van der Waals surface area contributed by atoms with Crippen LogP contribution in [-0.2, 0) is 0 Å². The standard InChI is InChI=1S/C19H14ClNO2S/c1-23-17-5-3-2-4-13(17)8-11-16(22)18-12-21-19(24-18)14-6-9-15(20)10-7-14/h2-12H,1H3. The molecule has 5 heteroatoms. The Morgan fingerprint density at radius 2 is 1.92 bits per heavy atom. The van der Waals surface area contributed by atoms with Crippen LogP contribution in [0.4, 0.5) is 0 Å². The van der Waals surface area contributed by atoms with E-state index in [0.717, 1.165) is 21.9 Å². The monoisotopic (exact) mass is 355 g/mol. The number of aromatic nitrogens is 1. The Bertz CT molecular complexity index is 884. The zero-order valence-electron chi connectivity index (χ0n) is 12.9. The van der Waals surface area contributed by atoms with Crippen LogP contribution in [0.25, 0.3) is 16.6 Å². The number of ketones is 1. The molecule has 0 N–H and O–H groups in total. The van der Waals surface area contributed by atoms with Crippen molar-refractivity contribution in [3.8, 4) is 16.3 Å². The van der Waals surface area contributed by atoms with Crippen molar-refractivity contribution in [2.75, 3.05) is 7.11 Å². The molecule has 1 aromatic heterocycles. The zero-order valence-corrected chi connectivity index (χ0v) is 14.5. The van der Waals surface area contributed by atoms with Gasteiger partial charge in [-0.2, -0.15) is 0 Å². The molecule has 3 aromatic rings. The van der Waals surface area contributed by atoms with Gasteiger partial charge < -0.3 is 4.74 Å². The lowest BCUT2D eigenvalue weighted by Crippen LogP contribution is -1.90. The number of hydrogen-bond donors (Lipinski definition) is 0. The van der Waals surface area contributed by atoms with Crippen LogP contribution in [0.2, 0.25) is 5.02 Å². The van der Waals surface area contributed by atoms with Gasteiger partial charge in [0.25, 0.3) is 0 Å². The van der Waals surface area contributed by atoms with Gasteiger partial charge in [-0.15, -0.1) is 11.3 Å². The molecule has 0 fully saturated rings. The van der Waals surface area contributed by atoms with E-state index in [1.807, 2.05) is 36.4 Å². The van der Waals surface area contributed by atoms with Crippen LogP contribution in [0.15, 0.2) is 60.8 Å². The number of allylic oxidation sites excluding steroid dienone is 1. The molecular weight excluding hydrogens is 342 g/mol. The summed E-state index contributed by atoms with van der Waals surface area (Å²) in [6.45, 7) is 0. The summed E-state index contributed by atoms with van der Waals surface area (Å²) >= 11 is 7.25. The summed E-state index contributed by atoms with van der Waals surface area (Å²) in [5.41, 5.74) is 1.80. The minimum absolute atomic E-state index is 0.0846.